The molecule has 0 unspecified atom stereocenters. The Morgan fingerprint density at radius 3 is 2.44 bits per heavy atom. The van der Waals surface area contributed by atoms with Gasteiger partial charge < -0.3 is 10.1 Å². The van der Waals surface area contributed by atoms with E-state index in [0.29, 0.717) is 11.3 Å². The zero-order chi connectivity index (χ0) is 17.9. The Morgan fingerprint density at radius 2 is 1.84 bits per heavy atom. The number of nitriles is 1. The molecule has 3 rings (SSSR count). The van der Waals surface area contributed by atoms with E-state index in [0.717, 1.165) is 31.9 Å². The van der Waals surface area contributed by atoms with Crippen LogP contribution in [0.4, 0.5) is 24.8 Å². The van der Waals surface area contributed by atoms with Gasteiger partial charge in [-0.15, -0.1) is 0 Å². The molecule has 8 heteroatoms. The number of aromatic nitrogens is 2. The molecule has 1 aliphatic rings. The van der Waals surface area contributed by atoms with E-state index >= 15 is 0 Å². The van der Waals surface area contributed by atoms with Crippen LogP contribution in [-0.4, -0.2) is 16.1 Å². The second-order valence-electron chi connectivity index (χ2n) is 5.75. The van der Waals surface area contributed by atoms with Crippen LogP contribution in [0.25, 0.3) is 0 Å². The normalized spacial score (nSPS) is 15.0. The highest BCUT2D eigenvalue weighted by atomic mass is 19.4. The van der Waals surface area contributed by atoms with Gasteiger partial charge in [-0.25, -0.2) is 4.98 Å². The number of halogens is 3. The zero-order valence-corrected chi connectivity index (χ0v) is 13.2. The molecule has 5 nitrogen and oxygen atoms in total. The Hall–Kier alpha value is -2.82. The molecule has 1 heterocycles. The van der Waals surface area contributed by atoms with Gasteiger partial charge in [-0.1, -0.05) is 0 Å². The summed E-state index contributed by atoms with van der Waals surface area (Å²) < 4.78 is 45.0. The molecule has 130 valence electrons. The molecule has 0 saturated heterocycles. The molecule has 0 atom stereocenters. The summed E-state index contributed by atoms with van der Waals surface area (Å²) >= 11 is 0. The van der Waals surface area contributed by atoms with Crippen molar-refractivity contribution in [3.63, 3.8) is 0 Å². The van der Waals surface area contributed by atoms with Crippen molar-refractivity contribution in [3.05, 3.63) is 41.6 Å². The van der Waals surface area contributed by atoms with E-state index in [9.17, 15) is 13.2 Å². The maximum Gasteiger partial charge on any atom is 0.423 e. The van der Waals surface area contributed by atoms with E-state index in [4.69, 9.17) is 10.00 Å². The van der Waals surface area contributed by atoms with Crippen LogP contribution in [0.1, 0.15) is 36.8 Å². The van der Waals surface area contributed by atoms with Crippen molar-refractivity contribution in [2.24, 2.45) is 0 Å². The van der Waals surface area contributed by atoms with Crippen molar-refractivity contribution in [2.45, 2.75) is 38.0 Å². The molecule has 1 fully saturated rings. The molecular formula is C17H15F3N4O. The van der Waals surface area contributed by atoms with E-state index in [2.05, 4.69) is 15.3 Å². The maximum atomic E-state index is 13.2. The van der Waals surface area contributed by atoms with E-state index in [1.165, 1.54) is 0 Å². The van der Waals surface area contributed by atoms with Crippen LogP contribution in [0.3, 0.4) is 0 Å². The summed E-state index contributed by atoms with van der Waals surface area (Å²) in [5.41, 5.74) is 0.0551. The first-order valence-corrected chi connectivity index (χ1v) is 7.84. The average molecular weight is 348 g/mol. The average Bonchev–Trinajstić information content (AvgIpc) is 3.08. The Kier molecular flexibility index (Phi) is 4.74. The third-order valence-corrected chi connectivity index (χ3v) is 3.91. The van der Waals surface area contributed by atoms with Crippen LogP contribution in [0.2, 0.25) is 0 Å². The number of hydrogen-bond donors (Lipinski definition) is 1. The van der Waals surface area contributed by atoms with Gasteiger partial charge >= 0.3 is 6.18 Å². The lowest BCUT2D eigenvalue weighted by Crippen LogP contribution is -2.17. The fraction of sp³-hybridized carbons (Fsp3) is 0.353. The van der Waals surface area contributed by atoms with Gasteiger partial charge in [-0.2, -0.15) is 23.4 Å². The van der Waals surface area contributed by atoms with Gasteiger partial charge in [0, 0.05) is 11.9 Å². The third-order valence-electron chi connectivity index (χ3n) is 3.91. The Labute approximate surface area is 142 Å². The van der Waals surface area contributed by atoms with Gasteiger partial charge in [0.1, 0.15) is 11.7 Å². The van der Waals surface area contributed by atoms with Crippen molar-refractivity contribution in [3.8, 4) is 11.9 Å². The molecule has 1 aliphatic carbocycles. The molecule has 0 spiro atoms. The van der Waals surface area contributed by atoms with E-state index in [1.54, 1.807) is 24.3 Å². The summed E-state index contributed by atoms with van der Waals surface area (Å²) in [4.78, 5) is 7.64. The van der Waals surface area contributed by atoms with Crippen molar-refractivity contribution >= 4 is 11.6 Å². The lowest BCUT2D eigenvalue weighted by Gasteiger charge is -2.17. The lowest BCUT2D eigenvalue weighted by molar-refractivity contribution is -0.139. The summed E-state index contributed by atoms with van der Waals surface area (Å²) in [5.74, 6) is -0.448. The number of anilines is 2. The first-order valence-electron chi connectivity index (χ1n) is 7.84. The van der Waals surface area contributed by atoms with Crippen molar-refractivity contribution in [2.75, 3.05) is 5.32 Å². The van der Waals surface area contributed by atoms with E-state index < -0.39 is 17.6 Å². The number of nitrogens with one attached hydrogen (secondary N) is 1. The summed E-state index contributed by atoms with van der Waals surface area (Å²) in [6.45, 7) is 0. The monoisotopic (exact) mass is 348 g/mol. The van der Waals surface area contributed by atoms with Crippen LogP contribution in [-0.2, 0) is 6.18 Å². The van der Waals surface area contributed by atoms with Crippen LogP contribution in [0, 0.1) is 11.3 Å². The highest BCUT2D eigenvalue weighted by molar-refractivity contribution is 5.55. The second kappa shape index (κ2) is 6.97. The predicted molar refractivity (Wildman–Crippen MR) is 84.4 cm³/mol. The van der Waals surface area contributed by atoms with Crippen molar-refractivity contribution in [1.82, 2.24) is 9.97 Å². The van der Waals surface area contributed by atoms with Gasteiger partial charge in [-0.3, -0.25) is 0 Å². The van der Waals surface area contributed by atoms with Crippen LogP contribution in [0.15, 0.2) is 30.5 Å². The third kappa shape index (κ3) is 4.18. The first kappa shape index (κ1) is 17.0. The largest absolute Gasteiger partial charge is 0.474 e. The predicted octanol–water partition coefficient (Wildman–Crippen LogP) is 4.43. The van der Waals surface area contributed by atoms with Crippen molar-refractivity contribution in [1.29, 1.82) is 5.26 Å². The van der Waals surface area contributed by atoms with Gasteiger partial charge in [0.25, 0.3) is 0 Å². The highest BCUT2D eigenvalue weighted by Crippen LogP contribution is 2.37. The zero-order valence-electron chi connectivity index (χ0n) is 13.2. The highest BCUT2D eigenvalue weighted by Gasteiger charge is 2.37. The number of alkyl halides is 3. The molecule has 1 N–H and O–H groups in total. The quantitative estimate of drug-likeness (QED) is 0.885. The minimum absolute atomic E-state index is 0.00528. The lowest BCUT2D eigenvalue weighted by atomic mass is 10.2. The second-order valence-corrected chi connectivity index (χ2v) is 5.75. The van der Waals surface area contributed by atoms with Gasteiger partial charge in [0.2, 0.25) is 11.8 Å². The number of ether oxygens (including phenoxy) is 1. The first-order chi connectivity index (χ1) is 12.0. The number of benzene rings is 1. The van der Waals surface area contributed by atoms with Crippen LogP contribution < -0.4 is 10.1 Å². The molecule has 0 radical (unpaired) electrons. The summed E-state index contributed by atoms with van der Waals surface area (Å²) in [5, 5.41) is 11.6. The summed E-state index contributed by atoms with van der Waals surface area (Å²) in [7, 11) is 0. The Morgan fingerprint density at radius 1 is 1.16 bits per heavy atom. The number of rotatable bonds is 4. The molecule has 0 aliphatic heterocycles. The van der Waals surface area contributed by atoms with Crippen LogP contribution in [0.5, 0.6) is 5.88 Å². The molecule has 0 bridgehead atoms. The summed E-state index contributed by atoms with van der Waals surface area (Å²) in [6.07, 6.45) is -0.788. The van der Waals surface area contributed by atoms with E-state index in [1.807, 2.05) is 6.07 Å². The minimum atomic E-state index is -4.58. The van der Waals surface area contributed by atoms with Gasteiger partial charge in [0.05, 0.1) is 11.6 Å². The van der Waals surface area contributed by atoms with Gasteiger partial charge in [-0.05, 0) is 49.9 Å². The molecule has 2 aromatic rings. The molecule has 1 saturated carbocycles. The molecule has 0 amide bonds. The summed E-state index contributed by atoms with van der Waals surface area (Å²) in [6, 6.07) is 8.40. The molecule has 1 aromatic carbocycles. The Bertz CT molecular complexity index is 778. The Balaban J connectivity index is 1.85. The smallest absolute Gasteiger partial charge is 0.423 e. The van der Waals surface area contributed by atoms with Crippen LogP contribution >= 0.6 is 0 Å². The minimum Gasteiger partial charge on any atom is -0.474 e. The number of nitrogens with zero attached hydrogens (tertiary/aromatic N) is 3. The molecule has 25 heavy (non-hydrogen) atoms. The fourth-order valence-electron chi connectivity index (χ4n) is 2.63. The maximum absolute atomic E-state index is 13.2. The topological polar surface area (TPSA) is 70.8 Å². The molecular weight excluding hydrogens is 333 g/mol. The molecule has 1 aromatic heterocycles. The van der Waals surface area contributed by atoms with Gasteiger partial charge in [0.15, 0.2) is 0 Å². The van der Waals surface area contributed by atoms with E-state index in [-0.39, 0.29) is 12.1 Å². The van der Waals surface area contributed by atoms with Crippen molar-refractivity contribution < 1.29 is 17.9 Å². The fourth-order valence-corrected chi connectivity index (χ4v) is 2.63. The standard InChI is InChI=1S/C17H15F3N4O/c18-17(19,20)14-10-22-16(23-12-7-5-11(9-21)6-8-12)24-15(14)25-13-3-1-2-4-13/h5-8,10,13H,1-4H2,(H,22,23,24). The number of hydrogen-bond acceptors (Lipinski definition) is 5. The SMILES string of the molecule is N#Cc1ccc(Nc2ncc(C(F)(F)F)c(OC3CCCC3)n2)cc1.